The zero-order valence-corrected chi connectivity index (χ0v) is 15.1. The molecule has 4 aliphatic rings. The summed E-state index contributed by atoms with van der Waals surface area (Å²) < 4.78 is 40.6. The van der Waals surface area contributed by atoms with E-state index in [1.807, 2.05) is 0 Å². The molecule has 4 atom stereocenters. The molecule has 1 N–H and O–H groups in total. The lowest BCUT2D eigenvalue weighted by Crippen LogP contribution is -2.57. The maximum atomic E-state index is 13.0. The third kappa shape index (κ3) is 3.39. The molecule has 0 aromatic heterocycles. The van der Waals surface area contributed by atoms with E-state index in [9.17, 15) is 18.0 Å². The van der Waals surface area contributed by atoms with Crippen molar-refractivity contribution in [2.75, 3.05) is 5.32 Å². The predicted octanol–water partition coefficient (Wildman–Crippen LogP) is 5.26. The average molecular weight is 418 g/mol. The minimum atomic E-state index is -4.71. The fraction of sp³-hybridized carbons (Fsp3) is 0.611. The molecule has 25 heavy (non-hydrogen) atoms. The summed E-state index contributed by atoms with van der Waals surface area (Å²) in [4.78, 5) is 13.0. The Bertz CT molecular complexity index is 675. The molecule has 0 saturated heterocycles. The molecule has 7 heteroatoms. The highest BCUT2D eigenvalue weighted by Crippen LogP contribution is 2.64. The number of benzene rings is 1. The van der Waals surface area contributed by atoms with E-state index in [0.29, 0.717) is 17.5 Å². The van der Waals surface area contributed by atoms with Gasteiger partial charge in [-0.25, -0.2) is 0 Å². The van der Waals surface area contributed by atoms with Gasteiger partial charge in [0.2, 0.25) is 5.91 Å². The van der Waals surface area contributed by atoms with Crippen LogP contribution >= 0.6 is 15.9 Å². The zero-order chi connectivity index (χ0) is 17.9. The third-order valence-corrected chi connectivity index (χ3v) is 6.74. The second kappa shape index (κ2) is 5.63. The van der Waals surface area contributed by atoms with Gasteiger partial charge in [-0.05, 0) is 74.6 Å². The van der Waals surface area contributed by atoms with Crippen LogP contribution in [0.15, 0.2) is 24.3 Å². The van der Waals surface area contributed by atoms with Crippen LogP contribution < -0.4 is 10.1 Å². The summed E-state index contributed by atoms with van der Waals surface area (Å²) in [5.41, 5.74) is 0.147. The fourth-order valence-corrected chi connectivity index (χ4v) is 6.87. The Morgan fingerprint density at radius 2 is 1.72 bits per heavy atom. The van der Waals surface area contributed by atoms with Crippen molar-refractivity contribution in [1.29, 1.82) is 0 Å². The lowest BCUT2D eigenvalue weighted by atomic mass is 9.49. The van der Waals surface area contributed by atoms with Crippen LogP contribution in [0.5, 0.6) is 5.75 Å². The fourth-order valence-electron chi connectivity index (χ4n) is 5.42. The quantitative estimate of drug-likeness (QED) is 0.681. The topological polar surface area (TPSA) is 38.3 Å². The summed E-state index contributed by atoms with van der Waals surface area (Å²) in [7, 11) is 0. The number of hydrogen-bond acceptors (Lipinski definition) is 2. The minimum absolute atomic E-state index is 0.00471. The van der Waals surface area contributed by atoms with Crippen LogP contribution in [-0.4, -0.2) is 16.6 Å². The number of halogens is 4. The summed E-state index contributed by atoms with van der Waals surface area (Å²) in [6, 6.07) is 5.33. The van der Waals surface area contributed by atoms with Gasteiger partial charge in [-0.1, -0.05) is 15.9 Å². The van der Waals surface area contributed by atoms with Gasteiger partial charge >= 0.3 is 6.36 Å². The van der Waals surface area contributed by atoms with Gasteiger partial charge < -0.3 is 10.1 Å². The normalized spacial score (nSPS) is 36.3. The smallest absolute Gasteiger partial charge is 0.406 e. The van der Waals surface area contributed by atoms with Crippen molar-refractivity contribution in [3.63, 3.8) is 0 Å². The maximum Gasteiger partial charge on any atom is 0.573 e. The number of nitrogens with one attached hydrogen (secondary N) is 1. The molecule has 5 rings (SSSR count). The summed E-state index contributed by atoms with van der Waals surface area (Å²) in [5.74, 6) is 0.887. The van der Waals surface area contributed by atoms with Gasteiger partial charge in [0.05, 0.1) is 5.41 Å². The van der Waals surface area contributed by atoms with Crippen molar-refractivity contribution in [3.05, 3.63) is 24.3 Å². The number of carbonyl (C=O) groups is 1. The van der Waals surface area contributed by atoms with Crippen molar-refractivity contribution in [2.45, 2.75) is 49.2 Å². The number of anilines is 1. The molecule has 0 spiro atoms. The van der Waals surface area contributed by atoms with Gasteiger partial charge in [-0.15, -0.1) is 13.2 Å². The molecule has 0 heterocycles. The second-order valence-electron chi connectivity index (χ2n) is 7.92. The van der Waals surface area contributed by atoms with Gasteiger partial charge in [-0.3, -0.25) is 4.79 Å². The van der Waals surface area contributed by atoms with Crippen molar-refractivity contribution in [3.8, 4) is 5.75 Å². The number of ether oxygens (including phenoxy) is 1. The number of carbonyl (C=O) groups excluding carboxylic acids is 1. The first kappa shape index (κ1) is 17.2. The molecule has 1 amide bonds. The Morgan fingerprint density at radius 3 is 2.24 bits per heavy atom. The molecule has 4 aliphatic carbocycles. The molecule has 4 fully saturated rings. The van der Waals surface area contributed by atoms with E-state index in [1.54, 1.807) is 0 Å². The zero-order valence-electron chi connectivity index (χ0n) is 13.5. The predicted molar refractivity (Wildman–Crippen MR) is 90.5 cm³/mol. The molecule has 1 aromatic rings. The molecular weight excluding hydrogens is 399 g/mol. The van der Waals surface area contributed by atoms with Crippen LogP contribution in [0.4, 0.5) is 18.9 Å². The highest BCUT2D eigenvalue weighted by Gasteiger charge is 2.59. The Morgan fingerprint density at radius 1 is 1.12 bits per heavy atom. The highest BCUT2D eigenvalue weighted by molar-refractivity contribution is 9.10. The van der Waals surface area contributed by atoms with E-state index in [1.165, 1.54) is 30.7 Å². The SMILES string of the molecule is O=C(Nc1ccc(OC(F)(F)F)cc1)C12C[C@@H]3C[C@@H](CC(Br)(C3)C1)C2. The summed E-state index contributed by atoms with van der Waals surface area (Å²) in [5, 5.41) is 2.91. The number of alkyl halides is 4. The van der Waals surface area contributed by atoms with Gasteiger partial charge in [-0.2, -0.15) is 0 Å². The standard InChI is InChI=1S/C18H19BrF3NO2/c19-17-8-11-5-12(9-17)7-16(6-11,10-17)15(24)23-13-1-3-14(4-2-13)25-18(20,21)22/h1-4,11-12H,5-10H2,(H,23,24)/t11-,12+,16?,17?. The molecule has 0 radical (unpaired) electrons. The summed E-state index contributed by atoms with van der Waals surface area (Å²) in [6.45, 7) is 0. The minimum Gasteiger partial charge on any atom is -0.406 e. The van der Waals surface area contributed by atoms with Crippen LogP contribution in [0.3, 0.4) is 0 Å². The monoisotopic (exact) mass is 417 g/mol. The van der Waals surface area contributed by atoms with E-state index in [4.69, 9.17) is 0 Å². The molecule has 2 unspecified atom stereocenters. The summed E-state index contributed by atoms with van der Waals surface area (Å²) >= 11 is 3.88. The van der Waals surface area contributed by atoms with Gasteiger partial charge in [0.1, 0.15) is 5.75 Å². The van der Waals surface area contributed by atoms with Crippen molar-refractivity contribution >= 4 is 27.5 Å². The van der Waals surface area contributed by atoms with Crippen LogP contribution in [0.25, 0.3) is 0 Å². The van der Waals surface area contributed by atoms with Gasteiger partial charge in [0.15, 0.2) is 0 Å². The molecule has 4 bridgehead atoms. The first-order valence-electron chi connectivity index (χ1n) is 8.51. The van der Waals surface area contributed by atoms with Gasteiger partial charge in [0.25, 0.3) is 0 Å². The first-order chi connectivity index (χ1) is 11.6. The van der Waals surface area contributed by atoms with E-state index < -0.39 is 6.36 Å². The van der Waals surface area contributed by atoms with E-state index in [-0.39, 0.29) is 21.4 Å². The van der Waals surface area contributed by atoms with Crippen LogP contribution in [0.2, 0.25) is 0 Å². The first-order valence-corrected chi connectivity index (χ1v) is 9.30. The molecule has 4 saturated carbocycles. The lowest BCUT2D eigenvalue weighted by Gasteiger charge is -2.59. The van der Waals surface area contributed by atoms with Crippen LogP contribution in [0.1, 0.15) is 38.5 Å². The Kier molecular flexibility index (Phi) is 3.87. The van der Waals surface area contributed by atoms with Crippen molar-refractivity contribution in [1.82, 2.24) is 0 Å². The molecule has 0 aliphatic heterocycles. The van der Waals surface area contributed by atoms with Crippen LogP contribution in [0, 0.1) is 17.3 Å². The average Bonchev–Trinajstić information content (AvgIpc) is 2.45. The Balaban J connectivity index is 1.47. The van der Waals surface area contributed by atoms with Crippen molar-refractivity contribution < 1.29 is 22.7 Å². The molecule has 1 aromatic carbocycles. The third-order valence-electron chi connectivity index (χ3n) is 5.82. The van der Waals surface area contributed by atoms with E-state index >= 15 is 0 Å². The van der Waals surface area contributed by atoms with Crippen molar-refractivity contribution in [2.24, 2.45) is 17.3 Å². The molecule has 3 nitrogen and oxygen atoms in total. The van der Waals surface area contributed by atoms with E-state index in [2.05, 4.69) is 26.0 Å². The molecule has 136 valence electrons. The Labute approximate surface area is 152 Å². The largest absolute Gasteiger partial charge is 0.573 e. The maximum absolute atomic E-state index is 13.0. The highest BCUT2D eigenvalue weighted by atomic mass is 79.9. The number of hydrogen-bond donors (Lipinski definition) is 1. The number of amides is 1. The number of rotatable bonds is 3. The Hall–Kier alpha value is -1.24. The second-order valence-corrected chi connectivity index (χ2v) is 9.60. The van der Waals surface area contributed by atoms with Crippen LogP contribution in [-0.2, 0) is 4.79 Å². The van der Waals surface area contributed by atoms with Gasteiger partial charge in [0, 0.05) is 10.0 Å². The lowest BCUT2D eigenvalue weighted by molar-refractivity contribution is -0.274. The molecular formula is C18H19BrF3NO2. The summed E-state index contributed by atoms with van der Waals surface area (Å²) in [6.07, 6.45) is 1.45. The van der Waals surface area contributed by atoms with E-state index in [0.717, 1.165) is 32.1 Å².